The van der Waals surface area contributed by atoms with Crippen LogP contribution in [0.15, 0.2) is 47.4 Å². The fourth-order valence-corrected chi connectivity index (χ4v) is 5.15. The van der Waals surface area contributed by atoms with Crippen molar-refractivity contribution in [2.45, 2.75) is 30.3 Å². The highest BCUT2D eigenvalue weighted by Crippen LogP contribution is 2.32. The number of nitrogens with zero attached hydrogens (tertiary/aromatic N) is 2. The van der Waals surface area contributed by atoms with E-state index in [9.17, 15) is 9.18 Å². The molecule has 4 rings (SSSR count). The number of thiazole rings is 1. The number of fused-ring (bicyclic) bond motifs is 1. The lowest BCUT2D eigenvalue weighted by atomic mass is 10.2. The average molecular weight is 447 g/mol. The van der Waals surface area contributed by atoms with Crippen molar-refractivity contribution < 1.29 is 18.7 Å². The lowest BCUT2D eigenvalue weighted by Crippen LogP contribution is -2.37. The molecule has 0 bridgehead atoms. The van der Waals surface area contributed by atoms with Crippen LogP contribution in [0.1, 0.15) is 19.3 Å². The van der Waals surface area contributed by atoms with Gasteiger partial charge in [0.25, 0.3) is 0 Å². The predicted octanol–water partition coefficient (Wildman–Crippen LogP) is 5.14. The Balaban J connectivity index is 1.48. The molecule has 1 aliphatic rings. The quantitative estimate of drug-likeness (QED) is 0.449. The maximum Gasteiger partial charge on any atom is 0.229 e. The summed E-state index contributed by atoms with van der Waals surface area (Å²) in [5.74, 6) is 1.12. The number of carbonyl (C=O) groups is 1. The van der Waals surface area contributed by atoms with Crippen molar-refractivity contribution in [3.05, 3.63) is 48.3 Å². The predicted molar refractivity (Wildman–Crippen MR) is 119 cm³/mol. The van der Waals surface area contributed by atoms with Gasteiger partial charge in [-0.1, -0.05) is 11.3 Å². The summed E-state index contributed by atoms with van der Waals surface area (Å²) in [6.07, 6.45) is 2.38. The van der Waals surface area contributed by atoms with Gasteiger partial charge in [-0.3, -0.25) is 9.69 Å². The van der Waals surface area contributed by atoms with Gasteiger partial charge in [0.15, 0.2) is 5.13 Å². The van der Waals surface area contributed by atoms with Crippen molar-refractivity contribution in [3.63, 3.8) is 0 Å². The zero-order valence-corrected chi connectivity index (χ0v) is 18.3. The lowest BCUT2D eigenvalue weighted by molar-refractivity contribution is -0.118. The Labute approximate surface area is 183 Å². The van der Waals surface area contributed by atoms with Gasteiger partial charge in [-0.2, -0.15) is 0 Å². The summed E-state index contributed by atoms with van der Waals surface area (Å²) in [6, 6.07) is 12.1. The molecule has 0 spiro atoms. The van der Waals surface area contributed by atoms with Gasteiger partial charge in [-0.05, 0) is 49.2 Å². The van der Waals surface area contributed by atoms with Crippen molar-refractivity contribution in [2.75, 3.05) is 30.9 Å². The van der Waals surface area contributed by atoms with E-state index in [2.05, 4.69) is 0 Å². The summed E-state index contributed by atoms with van der Waals surface area (Å²) >= 11 is 3.05. The highest BCUT2D eigenvalue weighted by molar-refractivity contribution is 7.99. The van der Waals surface area contributed by atoms with Gasteiger partial charge in [0.05, 0.1) is 30.0 Å². The molecule has 0 saturated carbocycles. The second kappa shape index (κ2) is 9.76. The van der Waals surface area contributed by atoms with Gasteiger partial charge in [0.1, 0.15) is 11.6 Å². The van der Waals surface area contributed by atoms with Crippen molar-refractivity contribution in [2.24, 2.45) is 0 Å². The molecule has 5 nitrogen and oxygen atoms in total. The summed E-state index contributed by atoms with van der Waals surface area (Å²) in [4.78, 5) is 20.5. The van der Waals surface area contributed by atoms with Crippen LogP contribution in [-0.4, -0.2) is 43.0 Å². The van der Waals surface area contributed by atoms with Gasteiger partial charge in [-0.25, -0.2) is 9.37 Å². The van der Waals surface area contributed by atoms with Crippen LogP contribution in [0.3, 0.4) is 0 Å². The lowest BCUT2D eigenvalue weighted by Gasteiger charge is -2.23. The second-order valence-corrected chi connectivity index (χ2v) is 9.20. The zero-order valence-electron chi connectivity index (χ0n) is 16.7. The minimum atomic E-state index is -0.259. The molecule has 0 N–H and O–H groups in total. The first kappa shape index (κ1) is 21.1. The van der Waals surface area contributed by atoms with E-state index >= 15 is 0 Å². The topological polar surface area (TPSA) is 51.7 Å². The zero-order chi connectivity index (χ0) is 20.9. The number of benzene rings is 2. The standard InChI is InChI=1S/C22H23FN2O3S2/c1-27-16-6-9-20-19(13-16)24-22(30-20)25(14-17-3-2-11-28-17)21(26)10-12-29-18-7-4-15(23)5-8-18/h4-9,13,17H,2-3,10-12,14H2,1H3. The normalized spacial score (nSPS) is 16.1. The highest BCUT2D eigenvalue weighted by atomic mass is 32.2. The van der Waals surface area contributed by atoms with E-state index in [-0.39, 0.29) is 17.8 Å². The van der Waals surface area contributed by atoms with Crippen molar-refractivity contribution in [1.82, 2.24) is 4.98 Å². The molecule has 1 fully saturated rings. The number of ether oxygens (including phenoxy) is 2. The SMILES string of the molecule is COc1ccc2sc(N(CC3CCCO3)C(=O)CCSc3ccc(F)cc3)nc2c1. The van der Waals surface area contributed by atoms with E-state index in [1.54, 1.807) is 35.9 Å². The van der Waals surface area contributed by atoms with Crippen molar-refractivity contribution in [3.8, 4) is 5.75 Å². The first-order valence-corrected chi connectivity index (χ1v) is 11.7. The summed E-state index contributed by atoms with van der Waals surface area (Å²) in [6.45, 7) is 1.25. The molecular formula is C22H23FN2O3S2. The number of amides is 1. The average Bonchev–Trinajstić information content (AvgIpc) is 3.42. The summed E-state index contributed by atoms with van der Waals surface area (Å²) in [5, 5.41) is 0.686. The van der Waals surface area contributed by atoms with Gasteiger partial charge in [-0.15, -0.1) is 11.8 Å². The summed E-state index contributed by atoms with van der Waals surface area (Å²) in [7, 11) is 1.63. The van der Waals surface area contributed by atoms with Crippen LogP contribution < -0.4 is 9.64 Å². The molecule has 8 heteroatoms. The molecule has 0 radical (unpaired) electrons. The number of anilines is 1. The number of thioether (sulfide) groups is 1. The number of aromatic nitrogens is 1. The third-order valence-corrected chi connectivity index (χ3v) is 7.00. The van der Waals surface area contributed by atoms with E-state index in [4.69, 9.17) is 14.5 Å². The Morgan fingerprint density at radius 1 is 1.33 bits per heavy atom. The molecule has 3 aromatic rings. The number of methoxy groups -OCH3 is 1. The van der Waals surface area contributed by atoms with Crippen LogP contribution in [-0.2, 0) is 9.53 Å². The van der Waals surface area contributed by atoms with E-state index in [0.29, 0.717) is 23.8 Å². The number of rotatable bonds is 8. The Hall–Kier alpha value is -2.16. The Bertz CT molecular complexity index is 1000. The first-order valence-electron chi connectivity index (χ1n) is 9.87. The fourth-order valence-electron chi connectivity index (χ4n) is 3.34. The van der Waals surface area contributed by atoms with Crippen LogP contribution in [0.5, 0.6) is 5.75 Å². The van der Waals surface area contributed by atoms with Gasteiger partial charge < -0.3 is 9.47 Å². The largest absolute Gasteiger partial charge is 0.497 e. The highest BCUT2D eigenvalue weighted by Gasteiger charge is 2.26. The number of hydrogen-bond acceptors (Lipinski definition) is 6. The van der Waals surface area contributed by atoms with E-state index in [1.807, 2.05) is 18.2 Å². The molecule has 2 heterocycles. The van der Waals surface area contributed by atoms with Gasteiger partial charge in [0.2, 0.25) is 5.91 Å². The monoisotopic (exact) mass is 446 g/mol. The third-order valence-electron chi connectivity index (χ3n) is 4.92. The molecule has 2 aromatic carbocycles. The minimum Gasteiger partial charge on any atom is -0.497 e. The second-order valence-electron chi connectivity index (χ2n) is 7.02. The maximum atomic E-state index is 13.1. The molecule has 0 aliphatic carbocycles. The molecule has 1 saturated heterocycles. The third kappa shape index (κ3) is 5.11. The molecule has 1 aliphatic heterocycles. The summed E-state index contributed by atoms with van der Waals surface area (Å²) in [5.41, 5.74) is 0.820. The molecule has 1 unspecified atom stereocenters. The van der Waals surface area contributed by atoms with Crippen molar-refractivity contribution >= 4 is 44.4 Å². The van der Waals surface area contributed by atoms with Gasteiger partial charge in [0, 0.05) is 29.7 Å². The van der Waals surface area contributed by atoms with Crippen LogP contribution in [0.2, 0.25) is 0 Å². The van der Waals surface area contributed by atoms with E-state index in [0.717, 1.165) is 40.3 Å². The summed E-state index contributed by atoms with van der Waals surface area (Å²) < 4.78 is 25.1. The molecule has 30 heavy (non-hydrogen) atoms. The number of carbonyl (C=O) groups excluding carboxylic acids is 1. The molecular weight excluding hydrogens is 423 g/mol. The van der Waals surface area contributed by atoms with Crippen LogP contribution in [0, 0.1) is 5.82 Å². The minimum absolute atomic E-state index is 0.0196. The maximum absolute atomic E-state index is 13.1. The van der Waals surface area contributed by atoms with E-state index in [1.165, 1.54) is 23.5 Å². The Morgan fingerprint density at radius 2 is 2.17 bits per heavy atom. The Kier molecular flexibility index (Phi) is 6.86. The molecule has 158 valence electrons. The Morgan fingerprint density at radius 3 is 2.90 bits per heavy atom. The van der Waals surface area contributed by atoms with Crippen LogP contribution >= 0.6 is 23.1 Å². The number of hydrogen-bond donors (Lipinski definition) is 0. The van der Waals surface area contributed by atoms with Crippen molar-refractivity contribution in [1.29, 1.82) is 0 Å². The molecule has 1 amide bonds. The van der Waals surface area contributed by atoms with Crippen LogP contribution in [0.4, 0.5) is 9.52 Å². The van der Waals surface area contributed by atoms with Crippen LogP contribution in [0.25, 0.3) is 10.2 Å². The number of halogens is 1. The fraction of sp³-hybridized carbons (Fsp3) is 0.364. The molecule has 1 aromatic heterocycles. The smallest absolute Gasteiger partial charge is 0.229 e. The first-order chi connectivity index (χ1) is 14.6. The van der Waals surface area contributed by atoms with E-state index < -0.39 is 0 Å². The molecule has 1 atom stereocenters. The van der Waals surface area contributed by atoms with Gasteiger partial charge >= 0.3 is 0 Å².